The number of nitrogens with zero attached hydrogens (tertiary/aromatic N) is 4. The van der Waals surface area contributed by atoms with E-state index in [-0.39, 0.29) is 11.5 Å². The van der Waals surface area contributed by atoms with Crippen LogP contribution in [0.4, 0.5) is 0 Å². The molecule has 0 bridgehead atoms. The number of methoxy groups -OCH3 is 1. The van der Waals surface area contributed by atoms with E-state index in [4.69, 9.17) is 9.47 Å². The normalized spacial score (nSPS) is 21.3. The highest BCUT2D eigenvalue weighted by molar-refractivity contribution is 5.79. The summed E-state index contributed by atoms with van der Waals surface area (Å²) in [6, 6.07) is 0. The van der Waals surface area contributed by atoms with Crippen LogP contribution >= 0.6 is 0 Å². The van der Waals surface area contributed by atoms with Crippen LogP contribution in [0.5, 0.6) is 0 Å². The van der Waals surface area contributed by atoms with Crippen molar-refractivity contribution in [1.82, 2.24) is 25.4 Å². The van der Waals surface area contributed by atoms with Gasteiger partial charge in [-0.05, 0) is 25.2 Å². The van der Waals surface area contributed by atoms with Crippen LogP contribution in [-0.4, -0.2) is 60.2 Å². The van der Waals surface area contributed by atoms with Crippen molar-refractivity contribution < 1.29 is 9.47 Å². The molecule has 0 radical (unpaired) electrons. The Balaban J connectivity index is 2.00. The van der Waals surface area contributed by atoms with Crippen molar-refractivity contribution in [3.05, 3.63) is 11.6 Å². The van der Waals surface area contributed by atoms with Gasteiger partial charge in [0.05, 0.1) is 12.7 Å². The molecule has 2 heterocycles. The van der Waals surface area contributed by atoms with Crippen molar-refractivity contribution in [2.45, 2.75) is 53.2 Å². The highest BCUT2D eigenvalue weighted by Gasteiger charge is 2.35. The van der Waals surface area contributed by atoms with Crippen LogP contribution in [0.2, 0.25) is 0 Å². The number of aromatic nitrogens is 3. The standard InChI is InChI=1S/C19H36N6O2/c1-14-23-24-16(25(14)5)13-22-18(20-9-11-26-6)21-12-15-8-7-10-27-17(15)19(2,3)4/h15,17H,7-13H2,1-6H3,(H2,20,21,22). The minimum Gasteiger partial charge on any atom is -0.383 e. The maximum absolute atomic E-state index is 6.09. The molecule has 0 amide bonds. The van der Waals surface area contributed by atoms with E-state index in [1.54, 1.807) is 7.11 Å². The van der Waals surface area contributed by atoms with E-state index in [2.05, 4.69) is 46.6 Å². The minimum absolute atomic E-state index is 0.129. The molecular weight excluding hydrogens is 344 g/mol. The fraction of sp³-hybridized carbons (Fsp3) is 0.842. The SMILES string of the molecule is COCCNC(=NCc1nnc(C)n1C)NCC1CCCOC1C(C)(C)C. The van der Waals surface area contributed by atoms with Gasteiger partial charge in [-0.15, -0.1) is 10.2 Å². The molecule has 0 saturated carbocycles. The van der Waals surface area contributed by atoms with Gasteiger partial charge >= 0.3 is 0 Å². The molecule has 0 spiro atoms. The molecule has 1 fully saturated rings. The van der Waals surface area contributed by atoms with Gasteiger partial charge in [-0.25, -0.2) is 4.99 Å². The highest BCUT2D eigenvalue weighted by atomic mass is 16.5. The van der Waals surface area contributed by atoms with Gasteiger partial charge in [0.25, 0.3) is 0 Å². The van der Waals surface area contributed by atoms with E-state index >= 15 is 0 Å². The molecule has 1 saturated heterocycles. The summed E-state index contributed by atoms with van der Waals surface area (Å²) in [5.41, 5.74) is 0.129. The van der Waals surface area contributed by atoms with Crippen LogP contribution in [0, 0.1) is 18.3 Å². The van der Waals surface area contributed by atoms with Crippen LogP contribution < -0.4 is 10.6 Å². The first-order valence-corrected chi connectivity index (χ1v) is 9.80. The Labute approximate surface area is 163 Å². The van der Waals surface area contributed by atoms with E-state index in [1.165, 1.54) is 6.42 Å². The van der Waals surface area contributed by atoms with Crippen molar-refractivity contribution >= 4 is 5.96 Å². The average Bonchev–Trinajstić information content (AvgIpc) is 2.95. The summed E-state index contributed by atoms with van der Waals surface area (Å²) in [5, 5.41) is 15.1. The van der Waals surface area contributed by atoms with E-state index < -0.39 is 0 Å². The molecule has 2 atom stereocenters. The summed E-state index contributed by atoms with van der Waals surface area (Å²) in [5.74, 6) is 2.96. The molecule has 0 aliphatic carbocycles. The summed E-state index contributed by atoms with van der Waals surface area (Å²) in [6.07, 6.45) is 2.53. The monoisotopic (exact) mass is 380 g/mol. The van der Waals surface area contributed by atoms with Crippen LogP contribution in [0.25, 0.3) is 0 Å². The fourth-order valence-electron chi connectivity index (χ4n) is 3.42. The number of aliphatic imine (C=N–C) groups is 1. The third kappa shape index (κ3) is 6.46. The van der Waals surface area contributed by atoms with Gasteiger partial charge in [-0.3, -0.25) is 0 Å². The molecule has 2 N–H and O–H groups in total. The average molecular weight is 381 g/mol. The Morgan fingerprint density at radius 2 is 2.11 bits per heavy atom. The number of hydrogen-bond acceptors (Lipinski definition) is 5. The second-order valence-corrected chi connectivity index (χ2v) is 8.25. The zero-order valence-electron chi connectivity index (χ0n) is 17.7. The number of aryl methyl sites for hydroxylation is 1. The largest absolute Gasteiger partial charge is 0.383 e. The third-order valence-corrected chi connectivity index (χ3v) is 4.99. The van der Waals surface area contributed by atoms with E-state index in [9.17, 15) is 0 Å². The lowest BCUT2D eigenvalue weighted by Crippen LogP contribution is -2.48. The molecule has 0 aromatic carbocycles. The van der Waals surface area contributed by atoms with Crippen molar-refractivity contribution in [1.29, 1.82) is 0 Å². The van der Waals surface area contributed by atoms with Gasteiger partial charge in [0, 0.05) is 39.8 Å². The molecule has 8 heteroatoms. The number of ether oxygens (including phenoxy) is 2. The molecule has 154 valence electrons. The molecule has 1 aliphatic rings. The number of hydrogen-bond donors (Lipinski definition) is 2. The predicted octanol–water partition coefficient (Wildman–Crippen LogP) is 1.65. The number of rotatable bonds is 7. The van der Waals surface area contributed by atoms with Crippen molar-refractivity contribution in [3.8, 4) is 0 Å². The minimum atomic E-state index is 0.129. The topological polar surface area (TPSA) is 85.6 Å². The Bertz CT molecular complexity index is 608. The molecule has 27 heavy (non-hydrogen) atoms. The Morgan fingerprint density at radius 1 is 1.33 bits per heavy atom. The lowest BCUT2D eigenvalue weighted by Gasteiger charge is -2.40. The molecular formula is C19H36N6O2. The second kappa shape index (κ2) is 10.0. The summed E-state index contributed by atoms with van der Waals surface area (Å²) in [4.78, 5) is 4.69. The van der Waals surface area contributed by atoms with E-state index in [1.807, 2.05) is 18.5 Å². The first-order chi connectivity index (χ1) is 12.8. The van der Waals surface area contributed by atoms with Gasteiger partial charge in [0.2, 0.25) is 0 Å². The van der Waals surface area contributed by atoms with Crippen LogP contribution in [-0.2, 0) is 23.1 Å². The smallest absolute Gasteiger partial charge is 0.191 e. The maximum Gasteiger partial charge on any atom is 0.191 e. The van der Waals surface area contributed by atoms with Gasteiger partial charge in [-0.1, -0.05) is 20.8 Å². The van der Waals surface area contributed by atoms with Crippen molar-refractivity contribution in [2.24, 2.45) is 23.4 Å². The lowest BCUT2D eigenvalue weighted by atomic mass is 9.78. The molecule has 1 aromatic heterocycles. The van der Waals surface area contributed by atoms with E-state index in [0.717, 1.165) is 37.2 Å². The first-order valence-electron chi connectivity index (χ1n) is 9.80. The maximum atomic E-state index is 6.09. The zero-order chi connectivity index (χ0) is 19.9. The van der Waals surface area contributed by atoms with Crippen LogP contribution in [0.15, 0.2) is 4.99 Å². The van der Waals surface area contributed by atoms with Crippen LogP contribution in [0.3, 0.4) is 0 Å². The third-order valence-electron chi connectivity index (χ3n) is 4.99. The number of nitrogens with one attached hydrogen (secondary N) is 2. The predicted molar refractivity (Wildman–Crippen MR) is 107 cm³/mol. The van der Waals surface area contributed by atoms with Crippen molar-refractivity contribution in [3.63, 3.8) is 0 Å². The number of guanidine groups is 1. The highest BCUT2D eigenvalue weighted by Crippen LogP contribution is 2.33. The van der Waals surface area contributed by atoms with Gasteiger partial charge < -0.3 is 24.7 Å². The molecule has 8 nitrogen and oxygen atoms in total. The van der Waals surface area contributed by atoms with E-state index in [0.29, 0.717) is 25.6 Å². The quantitative estimate of drug-likeness (QED) is 0.425. The summed E-state index contributed by atoms with van der Waals surface area (Å²) in [7, 11) is 3.65. The first kappa shape index (κ1) is 21.6. The molecule has 2 unspecified atom stereocenters. The summed E-state index contributed by atoms with van der Waals surface area (Å²) in [6.45, 7) is 12.2. The molecule has 1 aliphatic heterocycles. The summed E-state index contributed by atoms with van der Waals surface area (Å²) >= 11 is 0. The van der Waals surface area contributed by atoms with Gasteiger partial charge in [0.1, 0.15) is 12.4 Å². The molecule has 1 aromatic rings. The fourth-order valence-corrected chi connectivity index (χ4v) is 3.42. The second-order valence-electron chi connectivity index (χ2n) is 8.25. The Kier molecular flexibility index (Phi) is 8.04. The zero-order valence-corrected chi connectivity index (χ0v) is 17.7. The van der Waals surface area contributed by atoms with Gasteiger partial charge in [0.15, 0.2) is 11.8 Å². The van der Waals surface area contributed by atoms with Gasteiger partial charge in [-0.2, -0.15) is 0 Å². The Hall–Kier alpha value is -1.67. The van der Waals surface area contributed by atoms with Crippen molar-refractivity contribution in [2.75, 3.05) is 33.4 Å². The Morgan fingerprint density at radius 3 is 2.74 bits per heavy atom. The molecule has 2 rings (SSSR count). The summed E-state index contributed by atoms with van der Waals surface area (Å²) < 4.78 is 13.2. The van der Waals surface area contributed by atoms with Crippen LogP contribution in [0.1, 0.15) is 45.3 Å². The lowest BCUT2D eigenvalue weighted by molar-refractivity contribution is -0.0835.